The first kappa shape index (κ1) is 17.5. The van der Waals surface area contributed by atoms with Crippen LogP contribution < -0.4 is 0 Å². The van der Waals surface area contributed by atoms with Gasteiger partial charge in [-0.2, -0.15) is 0 Å². The fraction of sp³-hybridized carbons (Fsp3) is 0. The Bertz CT molecular complexity index is 1100. The van der Waals surface area contributed by atoms with Crippen molar-refractivity contribution in [2.75, 3.05) is 0 Å². The largest absolute Gasteiger partial charge is 0.355 e. The van der Waals surface area contributed by atoms with Crippen molar-refractivity contribution in [2.45, 2.75) is 0 Å². The molecule has 3 aromatic heterocycles. The van der Waals surface area contributed by atoms with Crippen LogP contribution in [0.25, 0.3) is 31.2 Å². The zero-order valence-electron chi connectivity index (χ0n) is 14.7. The predicted octanol–water partition coefficient (Wildman–Crippen LogP) is 7.97. The third kappa shape index (κ3) is 4.27. The van der Waals surface area contributed by atoms with Gasteiger partial charge in [0.05, 0.1) is 0 Å². The Hall–Kier alpha value is -2.88. The minimum absolute atomic E-state index is 1.21. The molecule has 1 N–H and O–H groups in total. The molecule has 0 unspecified atom stereocenters. The second-order valence-corrected chi connectivity index (χ2v) is 7.84. The molecule has 3 aromatic carbocycles. The lowest BCUT2D eigenvalue weighted by molar-refractivity contribution is 1.55. The molecule has 0 spiro atoms. The normalized spacial score (nSPS) is 10.2. The fourth-order valence-corrected chi connectivity index (χ4v) is 4.71. The first-order chi connectivity index (χ1) is 13.4. The molecule has 0 saturated carbocycles. The van der Waals surface area contributed by atoms with Gasteiger partial charge in [0, 0.05) is 31.2 Å². The summed E-state index contributed by atoms with van der Waals surface area (Å²) in [4.78, 5) is 3.38. The van der Waals surface area contributed by atoms with Gasteiger partial charge in [-0.15, -0.1) is 22.7 Å². The number of aromatic amines is 1. The summed E-state index contributed by atoms with van der Waals surface area (Å²) in [6.45, 7) is 0. The molecule has 0 aliphatic heterocycles. The van der Waals surface area contributed by atoms with Crippen LogP contribution in [0.3, 0.4) is 0 Å². The van der Waals surface area contributed by atoms with E-state index in [1.54, 1.807) is 22.7 Å². The maximum atomic E-state index is 3.38. The molecule has 132 valence electrons. The Labute approximate surface area is 166 Å². The van der Waals surface area contributed by atoms with Crippen LogP contribution in [0.4, 0.5) is 0 Å². The number of para-hydroxylation sites is 2. The SMILES string of the molecule is c1cc2sccc2s1.c1ccc2c(c1)[nH]c1ccccc12.c1ccccc1. The molecule has 0 aliphatic rings. The van der Waals surface area contributed by atoms with E-state index >= 15 is 0 Å². The fourth-order valence-electron chi connectivity index (χ4n) is 2.88. The lowest BCUT2D eigenvalue weighted by Gasteiger charge is -1.87. The molecular weight excluding hydrogens is 366 g/mol. The first-order valence-electron chi connectivity index (χ1n) is 8.78. The van der Waals surface area contributed by atoms with Crippen molar-refractivity contribution >= 4 is 53.9 Å². The van der Waals surface area contributed by atoms with Crippen LogP contribution >= 0.6 is 22.7 Å². The monoisotopic (exact) mass is 385 g/mol. The highest BCUT2D eigenvalue weighted by atomic mass is 32.1. The van der Waals surface area contributed by atoms with Gasteiger partial charge in [0.25, 0.3) is 0 Å². The smallest absolute Gasteiger partial charge is 0.0464 e. The van der Waals surface area contributed by atoms with Gasteiger partial charge in [-0.3, -0.25) is 0 Å². The minimum Gasteiger partial charge on any atom is -0.355 e. The Morgan fingerprint density at radius 1 is 0.444 bits per heavy atom. The molecule has 3 heteroatoms. The average Bonchev–Trinajstić information content (AvgIpc) is 3.45. The molecule has 0 atom stereocenters. The summed E-state index contributed by atoms with van der Waals surface area (Å²) in [6, 6.07) is 33.1. The van der Waals surface area contributed by atoms with Crippen molar-refractivity contribution in [3.63, 3.8) is 0 Å². The number of aromatic nitrogens is 1. The molecule has 3 heterocycles. The van der Waals surface area contributed by atoms with Gasteiger partial charge in [0.2, 0.25) is 0 Å². The van der Waals surface area contributed by atoms with Crippen molar-refractivity contribution in [1.82, 2.24) is 4.98 Å². The molecule has 1 nitrogen and oxygen atoms in total. The molecule has 0 fully saturated rings. The lowest BCUT2D eigenvalue weighted by Crippen LogP contribution is -1.62. The summed E-state index contributed by atoms with van der Waals surface area (Å²) in [5.74, 6) is 0. The minimum atomic E-state index is 1.21. The number of fused-ring (bicyclic) bond motifs is 4. The van der Waals surface area contributed by atoms with E-state index in [0.29, 0.717) is 0 Å². The van der Waals surface area contributed by atoms with E-state index in [0.717, 1.165) is 0 Å². The molecule has 0 amide bonds. The van der Waals surface area contributed by atoms with Crippen LogP contribution in [0.2, 0.25) is 0 Å². The highest BCUT2D eigenvalue weighted by Crippen LogP contribution is 2.25. The van der Waals surface area contributed by atoms with Crippen LogP contribution in [0.5, 0.6) is 0 Å². The van der Waals surface area contributed by atoms with Gasteiger partial charge in [0.1, 0.15) is 0 Å². The molecule has 0 aliphatic carbocycles. The van der Waals surface area contributed by atoms with Crippen LogP contribution in [0, 0.1) is 0 Å². The maximum absolute atomic E-state index is 3.38. The zero-order valence-corrected chi connectivity index (χ0v) is 16.3. The highest BCUT2D eigenvalue weighted by Gasteiger charge is 2.00. The van der Waals surface area contributed by atoms with E-state index in [-0.39, 0.29) is 0 Å². The Kier molecular flexibility index (Phi) is 5.63. The lowest BCUT2D eigenvalue weighted by atomic mass is 10.2. The average molecular weight is 386 g/mol. The summed E-state index contributed by atoms with van der Waals surface area (Å²) < 4.78 is 2.82. The number of hydrogen-bond acceptors (Lipinski definition) is 2. The van der Waals surface area contributed by atoms with E-state index in [4.69, 9.17) is 0 Å². The molecule has 0 bridgehead atoms. The number of H-pyrrole nitrogens is 1. The molecule has 27 heavy (non-hydrogen) atoms. The Morgan fingerprint density at radius 2 is 0.852 bits per heavy atom. The molecule has 0 radical (unpaired) electrons. The van der Waals surface area contributed by atoms with Gasteiger partial charge in [-0.05, 0) is 35.0 Å². The third-order valence-electron chi connectivity index (χ3n) is 4.15. The van der Waals surface area contributed by atoms with Crippen molar-refractivity contribution < 1.29 is 0 Å². The summed E-state index contributed by atoms with van der Waals surface area (Å²) in [5.41, 5.74) is 2.42. The summed E-state index contributed by atoms with van der Waals surface area (Å²) in [5, 5.41) is 6.86. The van der Waals surface area contributed by atoms with Gasteiger partial charge in [0.15, 0.2) is 0 Å². The van der Waals surface area contributed by atoms with Gasteiger partial charge in [-0.1, -0.05) is 72.8 Å². The van der Waals surface area contributed by atoms with Crippen molar-refractivity contribution in [3.05, 3.63) is 108 Å². The number of rotatable bonds is 0. The van der Waals surface area contributed by atoms with Crippen LogP contribution in [-0.2, 0) is 0 Å². The number of thiophene rings is 2. The number of hydrogen-bond donors (Lipinski definition) is 1. The quantitative estimate of drug-likeness (QED) is 0.273. The van der Waals surface area contributed by atoms with E-state index in [2.05, 4.69) is 76.4 Å². The van der Waals surface area contributed by atoms with Gasteiger partial charge in [-0.25, -0.2) is 0 Å². The first-order valence-corrected chi connectivity index (χ1v) is 10.5. The van der Waals surface area contributed by atoms with E-state index in [1.807, 2.05) is 36.4 Å². The van der Waals surface area contributed by atoms with Crippen LogP contribution in [0.1, 0.15) is 0 Å². The number of nitrogens with one attached hydrogen (secondary N) is 1. The molecule has 0 saturated heterocycles. The summed E-state index contributed by atoms with van der Waals surface area (Å²) in [7, 11) is 0. The van der Waals surface area contributed by atoms with E-state index in [9.17, 15) is 0 Å². The maximum Gasteiger partial charge on any atom is 0.0464 e. The van der Waals surface area contributed by atoms with E-state index < -0.39 is 0 Å². The summed E-state index contributed by atoms with van der Waals surface area (Å²) >= 11 is 3.61. The van der Waals surface area contributed by atoms with Gasteiger partial charge >= 0.3 is 0 Å². The standard InChI is InChI=1S/C12H9N.C6H4S2.C6H6/c1-3-7-11-9(5-1)10-6-2-4-8-12(10)13-11;1-3-7-6-2-4-8-5(1)6;1-2-4-6-5-3-1/h1-8,13H;1-4H;1-6H. The van der Waals surface area contributed by atoms with E-state index in [1.165, 1.54) is 31.2 Å². The molecule has 6 rings (SSSR count). The number of benzene rings is 3. The van der Waals surface area contributed by atoms with Crippen LogP contribution in [-0.4, -0.2) is 4.98 Å². The predicted molar refractivity (Wildman–Crippen MR) is 122 cm³/mol. The van der Waals surface area contributed by atoms with Crippen LogP contribution in [0.15, 0.2) is 108 Å². The Balaban J connectivity index is 0.000000110. The topological polar surface area (TPSA) is 15.8 Å². The van der Waals surface area contributed by atoms with Gasteiger partial charge < -0.3 is 4.98 Å². The molecule has 6 aromatic rings. The Morgan fingerprint density at radius 3 is 1.30 bits per heavy atom. The van der Waals surface area contributed by atoms with Crippen molar-refractivity contribution in [1.29, 1.82) is 0 Å². The molecular formula is C24H19NS2. The highest BCUT2D eigenvalue weighted by molar-refractivity contribution is 7.25. The van der Waals surface area contributed by atoms with Crippen molar-refractivity contribution in [2.24, 2.45) is 0 Å². The zero-order chi connectivity index (χ0) is 18.3. The summed E-state index contributed by atoms with van der Waals surface area (Å²) in [6.07, 6.45) is 0. The third-order valence-corrected chi connectivity index (χ3v) is 6.05. The van der Waals surface area contributed by atoms with Crippen molar-refractivity contribution in [3.8, 4) is 0 Å². The second-order valence-electron chi connectivity index (χ2n) is 5.94. The second kappa shape index (κ2) is 8.67.